The smallest absolute Gasteiger partial charge is 0.234 e. The van der Waals surface area contributed by atoms with Crippen molar-refractivity contribution in [1.29, 1.82) is 0 Å². The summed E-state index contributed by atoms with van der Waals surface area (Å²) in [6.07, 6.45) is 8.57. The number of rotatable bonds is 5. The lowest BCUT2D eigenvalue weighted by Crippen LogP contribution is -2.50. The van der Waals surface area contributed by atoms with Gasteiger partial charge in [-0.15, -0.1) is 0 Å². The minimum absolute atomic E-state index is 0.0527. The Bertz CT molecular complexity index is 550. The van der Waals surface area contributed by atoms with Crippen molar-refractivity contribution < 1.29 is 9.59 Å². The summed E-state index contributed by atoms with van der Waals surface area (Å²) in [7, 11) is 0. The lowest BCUT2D eigenvalue weighted by Gasteiger charge is -2.34. The standard InChI is InChI=1S/C16H23N3O2/c1-15(2)12-4-5-16(15,13(20)10-12)14(21)18-6-3-8-19-9-7-17-11-19/h7,9,11-12H,3-6,8,10H2,1-2H3,(H,18,21). The minimum atomic E-state index is -0.771. The van der Waals surface area contributed by atoms with E-state index in [9.17, 15) is 9.59 Å². The highest BCUT2D eigenvalue weighted by Gasteiger charge is 2.67. The van der Waals surface area contributed by atoms with Gasteiger partial charge in [0.1, 0.15) is 11.2 Å². The quantitative estimate of drug-likeness (QED) is 0.664. The van der Waals surface area contributed by atoms with Crippen LogP contribution in [0.3, 0.4) is 0 Å². The first kappa shape index (κ1) is 14.3. The molecule has 1 aromatic rings. The van der Waals surface area contributed by atoms with Gasteiger partial charge in [-0.2, -0.15) is 0 Å². The third kappa shape index (κ3) is 2.01. The summed E-state index contributed by atoms with van der Waals surface area (Å²) in [5.41, 5.74) is -0.967. The van der Waals surface area contributed by atoms with E-state index in [4.69, 9.17) is 0 Å². The monoisotopic (exact) mass is 289 g/mol. The zero-order chi connectivity index (χ0) is 15.1. The normalized spacial score (nSPS) is 29.8. The fraction of sp³-hybridized carbons (Fsp3) is 0.688. The Kier molecular flexibility index (Phi) is 3.38. The lowest BCUT2D eigenvalue weighted by molar-refractivity contribution is -0.144. The number of imidazole rings is 1. The van der Waals surface area contributed by atoms with Gasteiger partial charge in [0.05, 0.1) is 6.33 Å². The van der Waals surface area contributed by atoms with Gasteiger partial charge >= 0.3 is 0 Å². The van der Waals surface area contributed by atoms with Gasteiger partial charge in [0.2, 0.25) is 5.91 Å². The number of fused-ring (bicyclic) bond motifs is 2. The molecule has 2 saturated carbocycles. The van der Waals surface area contributed by atoms with Crippen LogP contribution in [0.1, 0.15) is 39.5 Å². The third-order valence-corrected chi connectivity index (χ3v) is 5.72. The summed E-state index contributed by atoms with van der Waals surface area (Å²) in [5, 5.41) is 3.00. The Labute approximate surface area is 125 Å². The molecule has 1 aromatic heterocycles. The molecule has 2 atom stereocenters. The molecule has 2 aliphatic rings. The van der Waals surface area contributed by atoms with Crippen LogP contribution in [0.2, 0.25) is 0 Å². The highest BCUT2D eigenvalue weighted by molar-refractivity contribution is 6.09. The van der Waals surface area contributed by atoms with E-state index in [1.807, 2.05) is 10.8 Å². The molecular formula is C16H23N3O2. The van der Waals surface area contributed by atoms with Gasteiger partial charge < -0.3 is 9.88 Å². The number of hydrogen-bond donors (Lipinski definition) is 1. The van der Waals surface area contributed by atoms with Crippen molar-refractivity contribution in [3.63, 3.8) is 0 Å². The molecule has 5 heteroatoms. The van der Waals surface area contributed by atoms with E-state index in [0.29, 0.717) is 18.9 Å². The molecule has 3 rings (SSSR count). The van der Waals surface area contributed by atoms with Gasteiger partial charge in [0, 0.05) is 31.9 Å². The molecule has 0 spiro atoms. The molecule has 2 aliphatic carbocycles. The van der Waals surface area contributed by atoms with E-state index in [-0.39, 0.29) is 17.1 Å². The van der Waals surface area contributed by atoms with Crippen molar-refractivity contribution in [2.45, 2.75) is 46.1 Å². The maximum absolute atomic E-state index is 12.7. The van der Waals surface area contributed by atoms with Gasteiger partial charge in [-0.05, 0) is 30.6 Å². The first-order chi connectivity index (χ1) is 9.98. The fourth-order valence-corrected chi connectivity index (χ4v) is 4.24. The zero-order valence-corrected chi connectivity index (χ0v) is 12.8. The van der Waals surface area contributed by atoms with Crippen molar-refractivity contribution in [2.24, 2.45) is 16.7 Å². The second kappa shape index (κ2) is 4.97. The second-order valence-electron chi connectivity index (χ2n) is 6.90. The van der Waals surface area contributed by atoms with Crippen LogP contribution in [0.25, 0.3) is 0 Å². The SMILES string of the molecule is CC1(C)C2CCC1(C(=O)NCCCn1ccnc1)C(=O)C2. The van der Waals surface area contributed by atoms with E-state index in [2.05, 4.69) is 24.1 Å². The molecule has 5 nitrogen and oxygen atoms in total. The number of amides is 1. The molecule has 0 aromatic carbocycles. The second-order valence-corrected chi connectivity index (χ2v) is 6.90. The molecule has 0 saturated heterocycles. The molecule has 1 heterocycles. The predicted molar refractivity (Wildman–Crippen MR) is 78.4 cm³/mol. The van der Waals surface area contributed by atoms with Crippen LogP contribution in [0.5, 0.6) is 0 Å². The molecular weight excluding hydrogens is 266 g/mol. The fourth-order valence-electron chi connectivity index (χ4n) is 4.24. The summed E-state index contributed by atoms with van der Waals surface area (Å²) in [6.45, 7) is 5.60. The lowest BCUT2D eigenvalue weighted by atomic mass is 9.68. The number of carbonyl (C=O) groups excluding carboxylic acids is 2. The van der Waals surface area contributed by atoms with Gasteiger partial charge in [-0.3, -0.25) is 9.59 Å². The Morgan fingerprint density at radius 2 is 2.33 bits per heavy atom. The number of Topliss-reactive ketones (excluding diaryl/α,β-unsaturated/α-hetero) is 1. The van der Waals surface area contributed by atoms with Gasteiger partial charge in [-0.1, -0.05) is 13.8 Å². The van der Waals surface area contributed by atoms with Crippen LogP contribution in [-0.4, -0.2) is 27.8 Å². The molecule has 1 N–H and O–H groups in total. The van der Waals surface area contributed by atoms with Crippen molar-refractivity contribution >= 4 is 11.7 Å². The summed E-state index contributed by atoms with van der Waals surface area (Å²) in [4.78, 5) is 29.0. The number of hydrogen-bond acceptors (Lipinski definition) is 3. The largest absolute Gasteiger partial charge is 0.355 e. The van der Waals surface area contributed by atoms with Crippen LogP contribution in [0.15, 0.2) is 18.7 Å². The predicted octanol–water partition coefficient (Wildman–Crippen LogP) is 1.78. The zero-order valence-electron chi connectivity index (χ0n) is 12.8. The van der Waals surface area contributed by atoms with Crippen LogP contribution in [0, 0.1) is 16.7 Å². The molecule has 1 amide bonds. The summed E-state index contributed by atoms with van der Waals surface area (Å²) in [5.74, 6) is 0.473. The van der Waals surface area contributed by atoms with Crippen LogP contribution in [0.4, 0.5) is 0 Å². The topological polar surface area (TPSA) is 64.0 Å². The maximum Gasteiger partial charge on any atom is 0.234 e. The molecule has 0 radical (unpaired) electrons. The van der Waals surface area contributed by atoms with Crippen LogP contribution in [-0.2, 0) is 16.1 Å². The highest BCUT2D eigenvalue weighted by Crippen LogP contribution is 2.63. The minimum Gasteiger partial charge on any atom is -0.355 e. The Morgan fingerprint density at radius 3 is 2.90 bits per heavy atom. The average molecular weight is 289 g/mol. The first-order valence-corrected chi connectivity index (χ1v) is 7.76. The van der Waals surface area contributed by atoms with Crippen molar-refractivity contribution in [2.75, 3.05) is 6.54 Å². The Morgan fingerprint density at radius 1 is 1.52 bits per heavy atom. The number of nitrogens with zero attached hydrogens (tertiary/aromatic N) is 2. The molecule has 2 fully saturated rings. The van der Waals surface area contributed by atoms with E-state index in [0.717, 1.165) is 25.8 Å². The highest BCUT2D eigenvalue weighted by atomic mass is 16.2. The van der Waals surface area contributed by atoms with E-state index in [1.54, 1.807) is 12.5 Å². The van der Waals surface area contributed by atoms with Crippen LogP contribution >= 0.6 is 0 Å². The van der Waals surface area contributed by atoms with Crippen molar-refractivity contribution in [1.82, 2.24) is 14.9 Å². The van der Waals surface area contributed by atoms with E-state index < -0.39 is 5.41 Å². The van der Waals surface area contributed by atoms with Crippen LogP contribution < -0.4 is 5.32 Å². The molecule has 21 heavy (non-hydrogen) atoms. The summed E-state index contributed by atoms with van der Waals surface area (Å²) < 4.78 is 1.99. The maximum atomic E-state index is 12.7. The van der Waals surface area contributed by atoms with Gasteiger partial charge in [0.25, 0.3) is 0 Å². The number of carbonyl (C=O) groups is 2. The molecule has 2 bridgehead atoms. The van der Waals surface area contributed by atoms with Gasteiger partial charge in [0.15, 0.2) is 0 Å². The van der Waals surface area contributed by atoms with E-state index >= 15 is 0 Å². The molecule has 2 unspecified atom stereocenters. The van der Waals surface area contributed by atoms with Gasteiger partial charge in [-0.25, -0.2) is 4.98 Å². The molecule has 114 valence electrons. The Hall–Kier alpha value is -1.65. The number of aromatic nitrogens is 2. The number of ketones is 1. The average Bonchev–Trinajstić information content (AvgIpc) is 3.08. The number of aryl methyl sites for hydroxylation is 1. The Balaban J connectivity index is 1.59. The summed E-state index contributed by atoms with van der Waals surface area (Å²) in [6, 6.07) is 0. The van der Waals surface area contributed by atoms with Crippen molar-refractivity contribution in [3.05, 3.63) is 18.7 Å². The first-order valence-electron chi connectivity index (χ1n) is 7.76. The third-order valence-electron chi connectivity index (χ3n) is 5.72. The summed E-state index contributed by atoms with van der Waals surface area (Å²) >= 11 is 0. The molecule has 0 aliphatic heterocycles. The van der Waals surface area contributed by atoms with E-state index in [1.165, 1.54) is 0 Å². The van der Waals surface area contributed by atoms with Crippen molar-refractivity contribution in [3.8, 4) is 0 Å². The number of nitrogens with one attached hydrogen (secondary N) is 1.